The largest absolute Gasteiger partial charge is 0.482 e. The van der Waals surface area contributed by atoms with Gasteiger partial charge in [-0.05, 0) is 36.8 Å². The molecular weight excluding hydrogens is 564 g/mol. The van der Waals surface area contributed by atoms with Crippen LogP contribution in [0.5, 0.6) is 5.75 Å². The van der Waals surface area contributed by atoms with E-state index in [1.165, 1.54) is 41.1 Å². The summed E-state index contributed by atoms with van der Waals surface area (Å²) >= 11 is 1.27. The Morgan fingerprint density at radius 3 is 2.88 bits per heavy atom. The number of hydrogen-bond acceptors (Lipinski definition) is 10. The molecule has 0 bridgehead atoms. The van der Waals surface area contributed by atoms with Gasteiger partial charge in [-0.1, -0.05) is 17.8 Å². The van der Waals surface area contributed by atoms with Gasteiger partial charge in [0.1, 0.15) is 35.6 Å². The highest BCUT2D eigenvalue weighted by Gasteiger charge is 2.67. The molecule has 3 N–H and O–H groups in total. The number of nitrogens with zero attached hydrogens (tertiary/aromatic N) is 5. The molecule has 0 spiro atoms. The van der Waals surface area contributed by atoms with Crippen molar-refractivity contribution in [1.82, 2.24) is 19.9 Å². The average Bonchev–Trinajstić information content (AvgIpc) is 3.46. The lowest BCUT2D eigenvalue weighted by atomic mass is 9.84. The minimum atomic E-state index is -1.54. The van der Waals surface area contributed by atoms with Crippen LogP contribution in [0.2, 0.25) is 0 Å². The van der Waals surface area contributed by atoms with E-state index >= 15 is 8.78 Å². The Labute approximate surface area is 244 Å². The summed E-state index contributed by atoms with van der Waals surface area (Å²) in [5.74, 6) is 0.181. The van der Waals surface area contributed by atoms with Crippen molar-refractivity contribution in [3.63, 3.8) is 0 Å². The van der Waals surface area contributed by atoms with Gasteiger partial charge in [0.05, 0.1) is 12.4 Å². The van der Waals surface area contributed by atoms with Gasteiger partial charge >= 0.3 is 0 Å². The van der Waals surface area contributed by atoms with Crippen LogP contribution < -0.4 is 15.8 Å². The number of ether oxygens (including phenoxy) is 1. The molecular formula is C29H27F2N7O3S. The van der Waals surface area contributed by atoms with E-state index in [9.17, 15) is 4.79 Å². The first-order chi connectivity index (χ1) is 20.2. The Morgan fingerprint density at radius 2 is 2.12 bits per heavy atom. The second-order valence-corrected chi connectivity index (χ2v) is 11.7. The molecule has 10 nitrogen and oxygen atoms in total. The number of hydrogen-bond donors (Lipinski definition) is 2. The van der Waals surface area contributed by atoms with Crippen molar-refractivity contribution in [2.24, 2.45) is 16.6 Å². The van der Waals surface area contributed by atoms with E-state index in [0.717, 1.165) is 5.39 Å². The fraction of sp³-hybridized carbons (Fsp3) is 0.276. The monoisotopic (exact) mass is 591 g/mol. The first-order valence-electron chi connectivity index (χ1n) is 13.1. The summed E-state index contributed by atoms with van der Waals surface area (Å²) in [5, 5.41) is 4.09. The van der Waals surface area contributed by atoms with E-state index in [1.54, 1.807) is 50.9 Å². The van der Waals surface area contributed by atoms with Gasteiger partial charge < -0.3 is 25.1 Å². The third-order valence-electron chi connectivity index (χ3n) is 7.40. The molecule has 0 radical (unpaired) electrons. The topological polar surface area (TPSA) is 132 Å². The Balaban J connectivity index is 1.29. The van der Waals surface area contributed by atoms with Gasteiger partial charge in [-0.3, -0.25) is 4.79 Å². The molecule has 1 saturated carbocycles. The molecule has 1 aromatic carbocycles. The third kappa shape index (κ3) is 5.04. The Hall–Kier alpha value is -4.52. The molecule has 4 heterocycles. The Bertz CT molecular complexity index is 1710. The molecule has 13 heteroatoms. The fourth-order valence-electron chi connectivity index (χ4n) is 5.21. The zero-order valence-electron chi connectivity index (χ0n) is 22.8. The van der Waals surface area contributed by atoms with Crippen molar-refractivity contribution >= 4 is 45.2 Å². The molecule has 4 aromatic rings. The van der Waals surface area contributed by atoms with Crippen molar-refractivity contribution in [1.29, 1.82) is 0 Å². The van der Waals surface area contributed by atoms with Crippen molar-refractivity contribution in [3.05, 3.63) is 84.6 Å². The number of thioether (sulfide) groups is 1. The number of amidine groups is 1. The lowest BCUT2D eigenvalue weighted by molar-refractivity contribution is -0.123. The van der Waals surface area contributed by atoms with E-state index in [1.807, 2.05) is 6.07 Å². The summed E-state index contributed by atoms with van der Waals surface area (Å²) in [4.78, 5) is 31.1. The molecule has 216 valence electrons. The first kappa shape index (κ1) is 27.6. The highest BCUT2D eigenvalue weighted by molar-refractivity contribution is 8.15. The molecule has 6 rings (SSSR count). The molecule has 2 aliphatic rings. The van der Waals surface area contributed by atoms with Crippen LogP contribution in [0.1, 0.15) is 17.9 Å². The Kier molecular flexibility index (Phi) is 7.05. The molecule has 0 saturated heterocycles. The van der Waals surface area contributed by atoms with Gasteiger partial charge in [0.25, 0.3) is 0 Å². The predicted octanol–water partition coefficient (Wildman–Crippen LogP) is 4.71. The molecule has 3 aromatic heterocycles. The van der Waals surface area contributed by atoms with E-state index in [-0.39, 0.29) is 23.2 Å². The number of alkyl halides is 1. The van der Waals surface area contributed by atoms with Gasteiger partial charge in [0.15, 0.2) is 17.6 Å². The second kappa shape index (κ2) is 10.7. The maximum Gasteiger partial charge on any atom is 0.245 e. The molecule has 1 aliphatic heterocycles. The summed E-state index contributed by atoms with van der Waals surface area (Å²) in [7, 11) is 3.29. The minimum Gasteiger partial charge on any atom is -0.482 e. The van der Waals surface area contributed by atoms with Crippen LogP contribution in [0, 0.1) is 11.7 Å². The van der Waals surface area contributed by atoms with Gasteiger partial charge in [-0.25, -0.2) is 28.7 Å². The number of aliphatic imine (C=N–C) groups is 1. The smallest absolute Gasteiger partial charge is 0.245 e. The maximum absolute atomic E-state index is 15.4. The standard InChI is InChI=1S/C29H27F2N7O3S/c1-38(2)24(39)5-7-28-13-22(28)29(16-30,37-27(32)42-28)20-12-18(3-4-21(20)31)36-26-25-17(6-8-34-26)11-19(14-35-25)41-15-23-33-9-10-40-23/h3-12,14,22H,13,15-16H2,1-2H3,(H2,32,37)(H,34,36)/b7-5+/t22-,28+,29-/m1/s1. The number of aromatic nitrogens is 3. The summed E-state index contributed by atoms with van der Waals surface area (Å²) in [6, 6.07) is 7.95. The SMILES string of the molecule is CN(C)C(=O)/C=C/[C@]12C[C@H]1[C@@](CF)(c1cc(Nc3nccc4cc(OCc5ncco5)cnc34)ccc1F)N=C(N)S2. The zero-order valence-corrected chi connectivity index (χ0v) is 23.6. The van der Waals surface area contributed by atoms with E-state index in [4.69, 9.17) is 14.9 Å². The lowest BCUT2D eigenvalue weighted by Gasteiger charge is -2.34. The van der Waals surface area contributed by atoms with Crippen LogP contribution in [0.15, 0.2) is 76.7 Å². The van der Waals surface area contributed by atoms with Crippen molar-refractivity contribution in [2.75, 3.05) is 26.1 Å². The van der Waals surface area contributed by atoms with Gasteiger partial charge in [0.2, 0.25) is 11.8 Å². The summed E-state index contributed by atoms with van der Waals surface area (Å²) < 4.78 is 40.7. The normalized spacial score (nSPS) is 23.0. The highest BCUT2D eigenvalue weighted by Crippen LogP contribution is 2.67. The summed E-state index contributed by atoms with van der Waals surface area (Å²) in [6.45, 7) is -0.804. The number of benzene rings is 1. The van der Waals surface area contributed by atoms with Crippen molar-refractivity contribution in [3.8, 4) is 5.75 Å². The minimum absolute atomic E-state index is 0.0767. The number of carbonyl (C=O) groups is 1. The summed E-state index contributed by atoms with van der Waals surface area (Å²) in [6.07, 6.45) is 9.87. The average molecular weight is 592 g/mol. The molecule has 1 aliphatic carbocycles. The number of pyridine rings is 2. The number of halogens is 2. The lowest BCUT2D eigenvalue weighted by Crippen LogP contribution is -2.39. The van der Waals surface area contributed by atoms with Crippen LogP contribution >= 0.6 is 11.8 Å². The van der Waals surface area contributed by atoms with Gasteiger partial charge in [-0.2, -0.15) is 0 Å². The molecule has 3 atom stereocenters. The van der Waals surface area contributed by atoms with E-state index in [2.05, 4.69) is 25.3 Å². The number of anilines is 2. The van der Waals surface area contributed by atoms with Crippen LogP contribution in [0.25, 0.3) is 10.9 Å². The van der Waals surface area contributed by atoms with E-state index < -0.39 is 28.7 Å². The maximum atomic E-state index is 15.4. The number of nitrogens with one attached hydrogen (secondary N) is 1. The number of fused-ring (bicyclic) bond motifs is 2. The van der Waals surface area contributed by atoms with Crippen LogP contribution in [0.3, 0.4) is 0 Å². The predicted molar refractivity (Wildman–Crippen MR) is 156 cm³/mol. The van der Waals surface area contributed by atoms with Gasteiger partial charge in [-0.15, -0.1) is 0 Å². The molecule has 0 unspecified atom stereocenters. The second-order valence-electron chi connectivity index (χ2n) is 10.3. The highest BCUT2D eigenvalue weighted by atomic mass is 32.2. The zero-order chi connectivity index (χ0) is 29.5. The van der Waals surface area contributed by atoms with Gasteiger partial charge in [0, 0.05) is 53.7 Å². The third-order valence-corrected chi connectivity index (χ3v) is 8.67. The van der Waals surface area contributed by atoms with Crippen LogP contribution in [-0.4, -0.2) is 56.4 Å². The molecule has 42 heavy (non-hydrogen) atoms. The number of likely N-dealkylation sites (N-methyl/N-ethyl adjacent to an activating group) is 1. The fourth-order valence-corrected chi connectivity index (χ4v) is 6.53. The van der Waals surface area contributed by atoms with Crippen molar-refractivity contribution in [2.45, 2.75) is 23.3 Å². The molecule has 1 fully saturated rings. The Morgan fingerprint density at radius 1 is 1.26 bits per heavy atom. The first-order valence-corrected chi connectivity index (χ1v) is 13.9. The van der Waals surface area contributed by atoms with Crippen molar-refractivity contribution < 1.29 is 22.7 Å². The van der Waals surface area contributed by atoms with Crippen LogP contribution in [0.4, 0.5) is 20.3 Å². The number of oxazole rings is 1. The number of rotatable bonds is 9. The quantitative estimate of drug-likeness (QED) is 0.266. The van der Waals surface area contributed by atoms with Crippen LogP contribution in [-0.2, 0) is 16.9 Å². The van der Waals surface area contributed by atoms with E-state index in [0.29, 0.717) is 35.1 Å². The number of amides is 1. The number of nitrogens with two attached hydrogens (primary N) is 1. The summed E-state index contributed by atoms with van der Waals surface area (Å²) in [5.41, 5.74) is 5.74. The number of carbonyl (C=O) groups excluding carboxylic acids is 1. The molecule has 1 amide bonds.